The first-order valence-corrected chi connectivity index (χ1v) is 7.70. The number of amides is 1. The van der Waals surface area contributed by atoms with E-state index < -0.39 is 5.60 Å². The van der Waals surface area contributed by atoms with Crippen molar-refractivity contribution < 1.29 is 19.4 Å². The Labute approximate surface area is 139 Å². The van der Waals surface area contributed by atoms with Crippen molar-refractivity contribution >= 4 is 5.91 Å². The molecule has 0 aliphatic carbocycles. The number of aromatic nitrogens is 2. The molecule has 1 fully saturated rings. The molecule has 1 aliphatic rings. The number of hydrogen-bond acceptors (Lipinski definition) is 6. The minimum absolute atomic E-state index is 0.0323. The third kappa shape index (κ3) is 4.06. The lowest BCUT2D eigenvalue weighted by atomic mass is 10.1. The van der Waals surface area contributed by atoms with E-state index in [0.29, 0.717) is 24.6 Å². The number of carbonyl (C=O) groups excluding carboxylic acids is 1. The van der Waals surface area contributed by atoms with Crippen LogP contribution in [0.15, 0.2) is 48.9 Å². The molecule has 1 atom stereocenters. The first-order chi connectivity index (χ1) is 11.7. The molecule has 0 bridgehead atoms. The predicted molar refractivity (Wildman–Crippen MR) is 85.6 cm³/mol. The predicted octanol–water partition coefficient (Wildman–Crippen LogP) is 0.759. The lowest BCUT2D eigenvalue weighted by Crippen LogP contribution is -2.50. The van der Waals surface area contributed by atoms with E-state index in [9.17, 15) is 9.90 Å². The number of benzene rings is 1. The molecule has 1 amide bonds. The van der Waals surface area contributed by atoms with Gasteiger partial charge in [-0.15, -0.1) is 0 Å². The molecule has 0 radical (unpaired) electrons. The second kappa shape index (κ2) is 7.37. The Kier molecular flexibility index (Phi) is 5.02. The normalized spacial score (nSPS) is 21.1. The molecule has 7 nitrogen and oxygen atoms in total. The van der Waals surface area contributed by atoms with Gasteiger partial charge in [-0.05, 0) is 18.2 Å². The maximum Gasteiger partial charge on any atom is 0.272 e. The van der Waals surface area contributed by atoms with Gasteiger partial charge < -0.3 is 19.5 Å². The zero-order valence-corrected chi connectivity index (χ0v) is 13.2. The van der Waals surface area contributed by atoms with E-state index in [4.69, 9.17) is 9.47 Å². The highest BCUT2D eigenvalue weighted by Gasteiger charge is 2.36. The molecule has 1 aromatic carbocycles. The average molecular weight is 329 g/mol. The van der Waals surface area contributed by atoms with Crippen LogP contribution in [-0.2, 0) is 4.74 Å². The summed E-state index contributed by atoms with van der Waals surface area (Å²) >= 11 is 0. The molecule has 126 valence electrons. The number of nitrogens with zero attached hydrogens (tertiary/aromatic N) is 3. The van der Waals surface area contributed by atoms with Crippen molar-refractivity contribution in [2.45, 2.75) is 5.60 Å². The Morgan fingerprint density at radius 2 is 2.17 bits per heavy atom. The highest BCUT2D eigenvalue weighted by atomic mass is 16.5. The molecule has 2 aromatic rings. The summed E-state index contributed by atoms with van der Waals surface area (Å²) < 4.78 is 11.1. The van der Waals surface area contributed by atoms with Crippen LogP contribution in [0, 0.1) is 0 Å². The lowest BCUT2D eigenvalue weighted by molar-refractivity contribution is -0.0621. The first-order valence-electron chi connectivity index (χ1n) is 7.70. The minimum atomic E-state index is -1.28. The third-order valence-corrected chi connectivity index (χ3v) is 3.70. The van der Waals surface area contributed by atoms with E-state index >= 15 is 0 Å². The van der Waals surface area contributed by atoms with Crippen molar-refractivity contribution in [1.82, 2.24) is 14.9 Å². The third-order valence-electron chi connectivity index (χ3n) is 3.70. The Hall–Kier alpha value is -2.51. The number of ether oxygens (including phenoxy) is 2. The number of para-hydroxylation sites is 1. The van der Waals surface area contributed by atoms with Gasteiger partial charge in [0, 0.05) is 12.7 Å². The van der Waals surface area contributed by atoms with Gasteiger partial charge in [0.25, 0.3) is 5.91 Å². The van der Waals surface area contributed by atoms with Crippen molar-refractivity contribution in [3.05, 3.63) is 54.6 Å². The Bertz CT molecular complexity index is 668. The summed E-state index contributed by atoms with van der Waals surface area (Å²) in [6.07, 6.45) is 2.84. The Balaban J connectivity index is 1.68. The fourth-order valence-electron chi connectivity index (χ4n) is 2.49. The van der Waals surface area contributed by atoms with Crippen LogP contribution >= 0.6 is 0 Å². The van der Waals surface area contributed by atoms with Gasteiger partial charge >= 0.3 is 0 Å². The summed E-state index contributed by atoms with van der Waals surface area (Å²) in [7, 11) is 0. The summed E-state index contributed by atoms with van der Waals surface area (Å²) in [5, 5.41) is 10.8. The Morgan fingerprint density at radius 1 is 1.33 bits per heavy atom. The largest absolute Gasteiger partial charge is 0.490 e. The molecule has 1 unspecified atom stereocenters. The van der Waals surface area contributed by atoms with Gasteiger partial charge in [0.2, 0.25) is 0 Å². The summed E-state index contributed by atoms with van der Waals surface area (Å²) in [6.45, 7) is 0.988. The summed E-state index contributed by atoms with van der Waals surface area (Å²) in [5.74, 6) is 0.393. The average Bonchev–Trinajstić information content (AvgIpc) is 2.83. The van der Waals surface area contributed by atoms with Crippen molar-refractivity contribution in [2.24, 2.45) is 0 Å². The van der Waals surface area contributed by atoms with E-state index in [2.05, 4.69) is 9.97 Å². The van der Waals surface area contributed by atoms with Crippen molar-refractivity contribution in [1.29, 1.82) is 0 Å². The zero-order valence-electron chi connectivity index (χ0n) is 13.2. The molecule has 1 aliphatic heterocycles. The van der Waals surface area contributed by atoms with E-state index in [1.807, 2.05) is 30.3 Å². The topological polar surface area (TPSA) is 84.8 Å². The van der Waals surface area contributed by atoms with Crippen molar-refractivity contribution in [3.8, 4) is 5.75 Å². The summed E-state index contributed by atoms with van der Waals surface area (Å²) in [4.78, 5) is 21.9. The van der Waals surface area contributed by atoms with Crippen molar-refractivity contribution in [2.75, 3.05) is 32.9 Å². The van der Waals surface area contributed by atoms with Gasteiger partial charge in [-0.1, -0.05) is 18.2 Å². The SMILES string of the molecule is O=C(c1ccncn1)N1CCOCC(O)(COc2ccccc2)C1. The van der Waals surface area contributed by atoms with Crippen molar-refractivity contribution in [3.63, 3.8) is 0 Å². The van der Waals surface area contributed by atoms with Gasteiger partial charge in [0.05, 0.1) is 19.8 Å². The fraction of sp³-hybridized carbons (Fsp3) is 0.353. The smallest absolute Gasteiger partial charge is 0.272 e. The van der Waals surface area contributed by atoms with Gasteiger partial charge in [-0.25, -0.2) is 9.97 Å². The molecule has 0 saturated carbocycles. The minimum Gasteiger partial charge on any atom is -0.490 e. The highest BCUT2D eigenvalue weighted by molar-refractivity contribution is 5.92. The molecular weight excluding hydrogens is 310 g/mol. The molecule has 1 N–H and O–H groups in total. The molecule has 1 aromatic heterocycles. The summed E-state index contributed by atoms with van der Waals surface area (Å²) in [6, 6.07) is 10.8. The number of β-amino-alcohol motifs (C(OH)–C–C–N with tert-alkyl or cyclic N) is 1. The van der Waals surface area contributed by atoms with Crippen LogP contribution in [0.5, 0.6) is 5.75 Å². The van der Waals surface area contributed by atoms with Crippen LogP contribution in [0.1, 0.15) is 10.5 Å². The Morgan fingerprint density at radius 3 is 2.92 bits per heavy atom. The van der Waals surface area contributed by atoms with Gasteiger partial charge in [-0.3, -0.25) is 4.79 Å². The molecule has 2 heterocycles. The summed E-state index contributed by atoms with van der Waals surface area (Å²) in [5.41, 5.74) is -0.993. The van der Waals surface area contributed by atoms with Gasteiger partial charge in [-0.2, -0.15) is 0 Å². The number of hydrogen-bond donors (Lipinski definition) is 1. The molecule has 7 heteroatoms. The van der Waals surface area contributed by atoms with Gasteiger partial charge in [0.1, 0.15) is 30.0 Å². The maximum absolute atomic E-state index is 12.5. The quantitative estimate of drug-likeness (QED) is 0.891. The van der Waals surface area contributed by atoms with Crippen LogP contribution in [-0.4, -0.2) is 64.4 Å². The maximum atomic E-state index is 12.5. The van der Waals surface area contributed by atoms with E-state index in [0.717, 1.165) is 0 Å². The van der Waals surface area contributed by atoms with Crippen LogP contribution in [0.25, 0.3) is 0 Å². The van der Waals surface area contributed by atoms with Crippen LogP contribution in [0.2, 0.25) is 0 Å². The molecular formula is C17H19N3O4. The number of carbonyl (C=O) groups is 1. The molecule has 0 spiro atoms. The van der Waals surface area contributed by atoms with E-state index in [-0.39, 0.29) is 25.7 Å². The molecule has 3 rings (SSSR count). The first kappa shape index (κ1) is 16.4. The lowest BCUT2D eigenvalue weighted by Gasteiger charge is -2.30. The van der Waals surface area contributed by atoms with Crippen LogP contribution < -0.4 is 4.74 Å². The second-order valence-corrected chi connectivity index (χ2v) is 5.70. The zero-order chi connectivity index (χ0) is 16.8. The molecule has 1 saturated heterocycles. The number of aliphatic hydroxyl groups is 1. The van der Waals surface area contributed by atoms with Crippen LogP contribution in [0.4, 0.5) is 0 Å². The fourth-order valence-corrected chi connectivity index (χ4v) is 2.49. The number of rotatable bonds is 4. The molecule has 24 heavy (non-hydrogen) atoms. The highest BCUT2D eigenvalue weighted by Crippen LogP contribution is 2.17. The standard InChI is InChI=1S/C17H19N3O4/c21-16(15-6-7-18-13-19-15)20-8-9-23-11-17(22,10-20)12-24-14-4-2-1-3-5-14/h1-7,13,22H,8-12H2. The van der Waals surface area contributed by atoms with Crippen LogP contribution in [0.3, 0.4) is 0 Å². The van der Waals surface area contributed by atoms with E-state index in [1.165, 1.54) is 17.4 Å². The monoisotopic (exact) mass is 329 g/mol. The van der Waals surface area contributed by atoms with E-state index in [1.54, 1.807) is 6.07 Å². The van der Waals surface area contributed by atoms with Gasteiger partial charge in [0.15, 0.2) is 0 Å². The second-order valence-electron chi connectivity index (χ2n) is 5.70.